The van der Waals surface area contributed by atoms with E-state index in [0.717, 1.165) is 29.5 Å². The van der Waals surface area contributed by atoms with Crippen molar-refractivity contribution in [3.05, 3.63) is 66.4 Å². The molecule has 3 rings (SSSR count). The SMILES string of the molecule is CCOc1ccc(-c2cnc(NCc3ccccc3)n2C)cc1. The third kappa shape index (κ3) is 3.54. The summed E-state index contributed by atoms with van der Waals surface area (Å²) in [6.07, 6.45) is 1.89. The van der Waals surface area contributed by atoms with Crippen molar-refractivity contribution in [2.24, 2.45) is 7.05 Å². The van der Waals surface area contributed by atoms with Crippen LogP contribution in [0.5, 0.6) is 5.75 Å². The number of ether oxygens (including phenoxy) is 1. The fourth-order valence-corrected chi connectivity index (χ4v) is 2.51. The van der Waals surface area contributed by atoms with Gasteiger partial charge < -0.3 is 14.6 Å². The Morgan fingerprint density at radius 3 is 2.48 bits per heavy atom. The average molecular weight is 307 g/mol. The van der Waals surface area contributed by atoms with E-state index >= 15 is 0 Å². The molecule has 0 aliphatic carbocycles. The monoisotopic (exact) mass is 307 g/mol. The van der Waals surface area contributed by atoms with E-state index in [1.54, 1.807) is 0 Å². The highest BCUT2D eigenvalue weighted by atomic mass is 16.5. The van der Waals surface area contributed by atoms with Gasteiger partial charge in [0.15, 0.2) is 0 Å². The summed E-state index contributed by atoms with van der Waals surface area (Å²) in [5.41, 5.74) is 3.43. The number of hydrogen-bond donors (Lipinski definition) is 1. The molecule has 2 aromatic carbocycles. The van der Waals surface area contributed by atoms with Gasteiger partial charge in [0.2, 0.25) is 5.95 Å². The Morgan fingerprint density at radius 2 is 1.78 bits per heavy atom. The van der Waals surface area contributed by atoms with E-state index in [1.165, 1.54) is 5.56 Å². The second-order valence-corrected chi connectivity index (χ2v) is 5.32. The Labute approximate surface area is 136 Å². The van der Waals surface area contributed by atoms with Gasteiger partial charge in [-0.25, -0.2) is 4.98 Å². The molecule has 0 aliphatic heterocycles. The first kappa shape index (κ1) is 15.2. The van der Waals surface area contributed by atoms with Crippen LogP contribution in [0.25, 0.3) is 11.3 Å². The van der Waals surface area contributed by atoms with E-state index in [2.05, 4.69) is 39.1 Å². The predicted molar refractivity (Wildman–Crippen MR) is 93.6 cm³/mol. The molecule has 0 radical (unpaired) electrons. The average Bonchev–Trinajstić information content (AvgIpc) is 2.96. The van der Waals surface area contributed by atoms with Crippen molar-refractivity contribution >= 4 is 5.95 Å². The molecule has 0 saturated carbocycles. The molecular weight excluding hydrogens is 286 g/mol. The summed E-state index contributed by atoms with van der Waals surface area (Å²) >= 11 is 0. The van der Waals surface area contributed by atoms with Crippen LogP contribution in [-0.4, -0.2) is 16.2 Å². The van der Waals surface area contributed by atoms with Gasteiger partial charge in [-0.05, 0) is 36.8 Å². The van der Waals surface area contributed by atoms with E-state index in [4.69, 9.17) is 4.74 Å². The first-order chi connectivity index (χ1) is 11.3. The number of imidazole rings is 1. The Kier molecular flexibility index (Phi) is 4.62. The summed E-state index contributed by atoms with van der Waals surface area (Å²) in [6.45, 7) is 3.42. The van der Waals surface area contributed by atoms with Gasteiger partial charge in [-0.15, -0.1) is 0 Å². The standard InChI is InChI=1S/C19H21N3O/c1-3-23-17-11-9-16(10-12-17)18-14-21-19(22(18)2)20-13-15-7-5-4-6-8-15/h4-12,14H,3,13H2,1-2H3,(H,20,21). The summed E-state index contributed by atoms with van der Waals surface area (Å²) in [6, 6.07) is 18.4. The Balaban J connectivity index is 1.73. The highest BCUT2D eigenvalue weighted by Crippen LogP contribution is 2.24. The van der Waals surface area contributed by atoms with E-state index in [-0.39, 0.29) is 0 Å². The topological polar surface area (TPSA) is 39.1 Å². The first-order valence-electron chi connectivity index (χ1n) is 7.80. The van der Waals surface area contributed by atoms with Crippen LogP contribution in [0.3, 0.4) is 0 Å². The Morgan fingerprint density at radius 1 is 1.04 bits per heavy atom. The van der Waals surface area contributed by atoms with Crippen molar-refractivity contribution in [3.63, 3.8) is 0 Å². The van der Waals surface area contributed by atoms with Crippen LogP contribution in [-0.2, 0) is 13.6 Å². The van der Waals surface area contributed by atoms with Gasteiger partial charge in [0.25, 0.3) is 0 Å². The Bertz CT molecular complexity index is 748. The minimum atomic E-state index is 0.679. The van der Waals surface area contributed by atoms with Crippen LogP contribution < -0.4 is 10.1 Å². The van der Waals surface area contributed by atoms with Crippen molar-refractivity contribution in [1.29, 1.82) is 0 Å². The summed E-state index contributed by atoms with van der Waals surface area (Å²) in [5.74, 6) is 1.75. The molecule has 0 fully saturated rings. The molecule has 1 heterocycles. The lowest BCUT2D eigenvalue weighted by molar-refractivity contribution is 0.340. The van der Waals surface area contributed by atoms with Gasteiger partial charge >= 0.3 is 0 Å². The maximum absolute atomic E-state index is 5.48. The minimum absolute atomic E-state index is 0.679. The quantitative estimate of drug-likeness (QED) is 0.745. The molecule has 23 heavy (non-hydrogen) atoms. The van der Waals surface area contributed by atoms with Crippen LogP contribution in [0.2, 0.25) is 0 Å². The molecule has 1 aromatic heterocycles. The molecule has 4 nitrogen and oxygen atoms in total. The van der Waals surface area contributed by atoms with Crippen molar-refractivity contribution in [2.75, 3.05) is 11.9 Å². The number of nitrogens with zero attached hydrogens (tertiary/aromatic N) is 2. The molecule has 4 heteroatoms. The third-order valence-electron chi connectivity index (χ3n) is 3.74. The lowest BCUT2D eigenvalue weighted by Gasteiger charge is -2.09. The van der Waals surface area contributed by atoms with Crippen LogP contribution in [0, 0.1) is 0 Å². The molecule has 0 bridgehead atoms. The molecule has 0 amide bonds. The van der Waals surface area contributed by atoms with Gasteiger partial charge in [0, 0.05) is 19.2 Å². The fourth-order valence-electron chi connectivity index (χ4n) is 2.51. The summed E-state index contributed by atoms with van der Waals surface area (Å²) in [7, 11) is 2.02. The summed E-state index contributed by atoms with van der Waals surface area (Å²) in [4.78, 5) is 4.49. The van der Waals surface area contributed by atoms with Crippen molar-refractivity contribution < 1.29 is 4.74 Å². The van der Waals surface area contributed by atoms with Crippen LogP contribution in [0.1, 0.15) is 12.5 Å². The van der Waals surface area contributed by atoms with E-state index in [1.807, 2.05) is 50.5 Å². The maximum Gasteiger partial charge on any atom is 0.203 e. The fraction of sp³-hybridized carbons (Fsp3) is 0.211. The number of benzene rings is 2. The van der Waals surface area contributed by atoms with Crippen molar-refractivity contribution in [1.82, 2.24) is 9.55 Å². The van der Waals surface area contributed by atoms with E-state index in [0.29, 0.717) is 6.61 Å². The molecule has 0 aliphatic rings. The molecule has 0 unspecified atom stereocenters. The molecular formula is C19H21N3O. The molecule has 0 spiro atoms. The zero-order valence-corrected chi connectivity index (χ0v) is 13.5. The lowest BCUT2D eigenvalue weighted by Crippen LogP contribution is -2.05. The number of hydrogen-bond acceptors (Lipinski definition) is 3. The van der Waals surface area contributed by atoms with Crippen LogP contribution >= 0.6 is 0 Å². The molecule has 0 saturated heterocycles. The first-order valence-corrected chi connectivity index (χ1v) is 7.80. The molecule has 1 N–H and O–H groups in total. The van der Waals surface area contributed by atoms with Crippen LogP contribution in [0.15, 0.2) is 60.8 Å². The third-order valence-corrected chi connectivity index (χ3v) is 3.74. The molecule has 118 valence electrons. The number of nitrogens with one attached hydrogen (secondary N) is 1. The zero-order chi connectivity index (χ0) is 16.1. The largest absolute Gasteiger partial charge is 0.494 e. The number of anilines is 1. The summed E-state index contributed by atoms with van der Waals surface area (Å²) in [5, 5.41) is 3.38. The van der Waals surface area contributed by atoms with Gasteiger partial charge in [0.05, 0.1) is 18.5 Å². The van der Waals surface area contributed by atoms with Gasteiger partial charge in [-0.3, -0.25) is 0 Å². The van der Waals surface area contributed by atoms with Crippen molar-refractivity contribution in [2.45, 2.75) is 13.5 Å². The Hall–Kier alpha value is -2.75. The highest BCUT2D eigenvalue weighted by Gasteiger charge is 2.08. The van der Waals surface area contributed by atoms with Gasteiger partial charge in [-0.1, -0.05) is 30.3 Å². The second kappa shape index (κ2) is 7.01. The maximum atomic E-state index is 5.48. The van der Waals surface area contributed by atoms with E-state index in [9.17, 15) is 0 Å². The number of aromatic nitrogens is 2. The smallest absolute Gasteiger partial charge is 0.203 e. The second-order valence-electron chi connectivity index (χ2n) is 5.32. The van der Waals surface area contributed by atoms with Gasteiger partial charge in [-0.2, -0.15) is 0 Å². The minimum Gasteiger partial charge on any atom is -0.494 e. The van der Waals surface area contributed by atoms with Gasteiger partial charge in [0.1, 0.15) is 5.75 Å². The lowest BCUT2D eigenvalue weighted by atomic mass is 10.1. The number of rotatable bonds is 6. The van der Waals surface area contributed by atoms with E-state index < -0.39 is 0 Å². The van der Waals surface area contributed by atoms with Crippen LogP contribution in [0.4, 0.5) is 5.95 Å². The zero-order valence-electron chi connectivity index (χ0n) is 13.5. The molecule has 0 atom stereocenters. The normalized spacial score (nSPS) is 10.5. The molecule has 3 aromatic rings. The van der Waals surface area contributed by atoms with Crippen molar-refractivity contribution in [3.8, 4) is 17.0 Å². The predicted octanol–water partition coefficient (Wildman–Crippen LogP) is 4.10. The highest BCUT2D eigenvalue weighted by molar-refractivity contribution is 5.62. The summed E-state index contributed by atoms with van der Waals surface area (Å²) < 4.78 is 7.55.